The Morgan fingerprint density at radius 2 is 1.63 bits per heavy atom. The second kappa shape index (κ2) is 11.5. The number of rotatable bonds is 6. The van der Waals surface area contributed by atoms with Gasteiger partial charge in [0.15, 0.2) is 17.3 Å². The molecule has 1 heterocycles. The van der Waals surface area contributed by atoms with Crippen molar-refractivity contribution in [1.82, 2.24) is 15.3 Å². The van der Waals surface area contributed by atoms with Crippen LogP contribution in [0, 0.1) is 0 Å². The Morgan fingerprint density at radius 3 is 2.13 bits per heavy atom. The minimum atomic E-state index is -4.59. The number of anilines is 2. The van der Waals surface area contributed by atoms with Crippen molar-refractivity contribution in [2.75, 3.05) is 11.4 Å². The normalized spacial score (nSPS) is 12.6. The first-order chi connectivity index (χ1) is 17.4. The number of alkyl halides is 3. The maximum absolute atomic E-state index is 13.2. The molecular weight excluding hydrogens is 509 g/mol. The van der Waals surface area contributed by atoms with Crippen LogP contribution in [0.2, 0.25) is 0 Å². The van der Waals surface area contributed by atoms with E-state index in [1.54, 1.807) is 41.5 Å². The second-order valence-electron chi connectivity index (χ2n) is 10.1. The first kappa shape index (κ1) is 30.1. The van der Waals surface area contributed by atoms with E-state index in [4.69, 9.17) is 15.2 Å². The molecule has 2 aromatic rings. The van der Waals surface area contributed by atoms with E-state index < -0.39 is 41.0 Å². The lowest BCUT2D eigenvalue weighted by Gasteiger charge is -2.28. The summed E-state index contributed by atoms with van der Waals surface area (Å²) in [6.45, 7) is 10.1. The summed E-state index contributed by atoms with van der Waals surface area (Å²) < 4.78 is 49.9. The van der Waals surface area contributed by atoms with Crippen LogP contribution < -0.4 is 16.0 Å². The zero-order chi connectivity index (χ0) is 28.9. The Labute approximate surface area is 217 Å². The number of hydrogen-bond donors (Lipinski definition) is 3. The van der Waals surface area contributed by atoms with Crippen LogP contribution in [0.3, 0.4) is 0 Å². The van der Waals surface area contributed by atoms with Crippen molar-refractivity contribution >= 4 is 29.5 Å². The molecule has 0 aliphatic carbocycles. The van der Waals surface area contributed by atoms with E-state index >= 15 is 0 Å². The largest absolute Gasteiger partial charge is 0.444 e. The van der Waals surface area contributed by atoms with Gasteiger partial charge in [0.2, 0.25) is 0 Å². The number of amides is 2. The van der Waals surface area contributed by atoms with Crippen LogP contribution in [-0.2, 0) is 22.1 Å². The molecule has 11 nitrogen and oxygen atoms in total. The Kier molecular flexibility index (Phi) is 9.14. The summed E-state index contributed by atoms with van der Waals surface area (Å²) in [7, 11) is 0. The summed E-state index contributed by atoms with van der Waals surface area (Å²) in [4.78, 5) is 34.4. The molecule has 38 heavy (non-hydrogen) atoms. The van der Waals surface area contributed by atoms with Crippen LogP contribution >= 0.6 is 0 Å². The summed E-state index contributed by atoms with van der Waals surface area (Å²) >= 11 is 0. The summed E-state index contributed by atoms with van der Waals surface area (Å²) in [5.74, 6) is -0.770. The van der Waals surface area contributed by atoms with Gasteiger partial charge in [-0.05, 0) is 65.8 Å². The van der Waals surface area contributed by atoms with Crippen LogP contribution in [0.15, 0.2) is 35.6 Å². The standard InChI is InChI=1S/C24H31F3N6O5/c1-22(2,3)37-20(34)29-12-11-15-13-30-19(17(31-15)18(28)32-36)33(21(35)38-23(4,5)6)16-9-7-14(8-10-16)24(25,26)27/h7-10,13,36H,11-12H2,1-6H3,(H2,28,32)(H,29,34). The van der Waals surface area contributed by atoms with Crippen molar-refractivity contribution in [3.05, 3.63) is 47.4 Å². The van der Waals surface area contributed by atoms with Gasteiger partial charge in [-0.1, -0.05) is 5.16 Å². The van der Waals surface area contributed by atoms with Crippen LogP contribution in [0.4, 0.5) is 34.3 Å². The second-order valence-corrected chi connectivity index (χ2v) is 10.1. The smallest absolute Gasteiger partial charge is 0.420 e. The van der Waals surface area contributed by atoms with Gasteiger partial charge in [0, 0.05) is 13.0 Å². The van der Waals surface area contributed by atoms with Gasteiger partial charge in [-0.25, -0.2) is 24.5 Å². The molecule has 1 aromatic carbocycles. The molecule has 4 N–H and O–H groups in total. The van der Waals surface area contributed by atoms with Gasteiger partial charge in [-0.3, -0.25) is 0 Å². The number of carbonyl (C=O) groups excluding carboxylic acids is 2. The van der Waals surface area contributed by atoms with Crippen molar-refractivity contribution in [1.29, 1.82) is 0 Å². The lowest BCUT2D eigenvalue weighted by molar-refractivity contribution is -0.137. The van der Waals surface area contributed by atoms with Gasteiger partial charge in [0.1, 0.15) is 11.2 Å². The summed E-state index contributed by atoms with van der Waals surface area (Å²) in [5, 5.41) is 14.8. The molecule has 1 aromatic heterocycles. The third-order valence-electron chi connectivity index (χ3n) is 4.44. The number of nitrogens with one attached hydrogen (secondary N) is 1. The molecule has 0 radical (unpaired) electrons. The van der Waals surface area contributed by atoms with Gasteiger partial charge >= 0.3 is 18.4 Å². The Morgan fingerprint density at radius 1 is 1.05 bits per heavy atom. The number of alkyl carbamates (subject to hydrolysis) is 1. The fourth-order valence-electron chi connectivity index (χ4n) is 2.95. The van der Waals surface area contributed by atoms with E-state index in [2.05, 4.69) is 20.4 Å². The Bertz CT molecular complexity index is 1170. The molecule has 0 saturated carbocycles. The predicted octanol–water partition coefficient (Wildman–Crippen LogP) is 4.73. The van der Waals surface area contributed by atoms with Crippen molar-refractivity contribution in [3.63, 3.8) is 0 Å². The molecule has 0 fully saturated rings. The minimum Gasteiger partial charge on any atom is -0.444 e. The number of halogens is 3. The molecule has 0 spiro atoms. The van der Waals surface area contributed by atoms with Gasteiger partial charge in [-0.2, -0.15) is 13.2 Å². The number of carbonyl (C=O) groups is 2. The summed E-state index contributed by atoms with van der Waals surface area (Å²) in [5.41, 5.74) is 3.24. The number of hydrogen-bond acceptors (Lipinski definition) is 8. The monoisotopic (exact) mass is 540 g/mol. The topological polar surface area (TPSA) is 152 Å². The van der Waals surface area contributed by atoms with E-state index in [1.807, 2.05) is 0 Å². The third-order valence-corrected chi connectivity index (χ3v) is 4.44. The zero-order valence-electron chi connectivity index (χ0n) is 21.9. The van der Waals surface area contributed by atoms with Crippen LogP contribution in [0.5, 0.6) is 0 Å². The number of ether oxygens (including phenoxy) is 2. The van der Waals surface area contributed by atoms with Gasteiger partial charge in [-0.15, -0.1) is 0 Å². The van der Waals surface area contributed by atoms with E-state index in [1.165, 1.54) is 6.20 Å². The van der Waals surface area contributed by atoms with Gasteiger partial charge in [0.05, 0.1) is 23.1 Å². The number of nitrogens with zero attached hydrogens (tertiary/aromatic N) is 4. The van der Waals surface area contributed by atoms with Gasteiger partial charge in [0.25, 0.3) is 0 Å². The highest BCUT2D eigenvalue weighted by Gasteiger charge is 2.33. The van der Waals surface area contributed by atoms with Crippen molar-refractivity contribution in [2.24, 2.45) is 10.9 Å². The first-order valence-electron chi connectivity index (χ1n) is 11.4. The maximum Gasteiger partial charge on any atom is 0.420 e. The lowest BCUT2D eigenvalue weighted by atomic mass is 10.1. The SMILES string of the molecule is CC(C)(C)OC(=O)NCCc1cnc(N(C(=O)OC(C)(C)C)c2ccc(C(F)(F)F)cc2)c(C(N)=NO)n1. The molecular formula is C24H31F3N6O5. The fourth-order valence-corrected chi connectivity index (χ4v) is 2.95. The maximum atomic E-state index is 13.2. The lowest BCUT2D eigenvalue weighted by Crippen LogP contribution is -2.36. The number of nitrogens with two attached hydrogens (primary N) is 1. The molecule has 208 valence electrons. The van der Waals surface area contributed by atoms with Crippen molar-refractivity contribution in [2.45, 2.75) is 65.3 Å². The minimum absolute atomic E-state index is 0.0344. The van der Waals surface area contributed by atoms with Crippen molar-refractivity contribution in [3.8, 4) is 0 Å². The molecule has 0 unspecified atom stereocenters. The fraction of sp³-hybridized carbons (Fsp3) is 0.458. The predicted molar refractivity (Wildman–Crippen MR) is 132 cm³/mol. The quantitative estimate of drug-likeness (QED) is 0.206. The summed E-state index contributed by atoms with van der Waals surface area (Å²) in [6.07, 6.45) is -4.79. The zero-order valence-corrected chi connectivity index (χ0v) is 21.9. The first-order valence-corrected chi connectivity index (χ1v) is 11.4. The molecule has 2 rings (SSSR count). The number of amidine groups is 1. The molecule has 0 aliphatic heterocycles. The average molecular weight is 541 g/mol. The van der Waals surface area contributed by atoms with E-state index in [0.29, 0.717) is 5.69 Å². The number of aromatic nitrogens is 2. The molecule has 0 bridgehead atoms. The highest BCUT2D eigenvalue weighted by Crippen LogP contribution is 2.33. The van der Waals surface area contributed by atoms with Crippen LogP contribution in [0.25, 0.3) is 0 Å². The molecule has 0 atom stereocenters. The molecule has 0 saturated heterocycles. The van der Waals surface area contributed by atoms with Crippen molar-refractivity contribution < 1.29 is 37.4 Å². The van der Waals surface area contributed by atoms with E-state index in [9.17, 15) is 28.0 Å². The highest BCUT2D eigenvalue weighted by atomic mass is 19.4. The Balaban J connectivity index is 2.47. The highest BCUT2D eigenvalue weighted by molar-refractivity contribution is 6.05. The third kappa shape index (κ3) is 8.78. The van der Waals surface area contributed by atoms with Gasteiger partial charge < -0.3 is 25.7 Å². The van der Waals surface area contributed by atoms with Crippen LogP contribution in [0.1, 0.15) is 58.5 Å². The average Bonchev–Trinajstić information content (AvgIpc) is 2.76. The number of benzene rings is 1. The van der Waals surface area contributed by atoms with E-state index in [-0.39, 0.29) is 30.2 Å². The van der Waals surface area contributed by atoms with Crippen LogP contribution in [-0.4, -0.2) is 50.9 Å². The number of oxime groups is 1. The molecule has 2 amide bonds. The van der Waals surface area contributed by atoms with E-state index in [0.717, 1.165) is 29.2 Å². The Hall–Kier alpha value is -4.10. The summed E-state index contributed by atoms with van der Waals surface area (Å²) in [6, 6.07) is 3.70. The molecule has 14 heteroatoms. The molecule has 0 aliphatic rings.